The molecular formula is C30H31NO3. The van der Waals surface area contributed by atoms with E-state index in [0.717, 1.165) is 44.3 Å². The second-order valence-corrected chi connectivity index (χ2v) is 9.01. The van der Waals surface area contributed by atoms with Crippen LogP contribution in [0, 0.1) is 0 Å². The number of methoxy groups -OCH3 is 1. The maximum absolute atomic E-state index is 12.0. The lowest BCUT2D eigenvalue weighted by Gasteiger charge is -2.17. The van der Waals surface area contributed by atoms with Crippen LogP contribution >= 0.6 is 0 Å². The van der Waals surface area contributed by atoms with Crippen molar-refractivity contribution in [1.82, 2.24) is 5.32 Å². The molecular weight excluding hydrogens is 422 g/mol. The zero-order valence-electron chi connectivity index (χ0n) is 20.1. The molecule has 0 aliphatic heterocycles. The third-order valence-electron chi connectivity index (χ3n) is 6.34. The van der Waals surface area contributed by atoms with Crippen LogP contribution in [0.25, 0.3) is 21.9 Å². The number of fused-ring (bicyclic) bond motifs is 1. The number of ether oxygens (including phenoxy) is 1. The van der Waals surface area contributed by atoms with Crippen LogP contribution in [0.4, 0.5) is 0 Å². The fourth-order valence-corrected chi connectivity index (χ4v) is 4.43. The van der Waals surface area contributed by atoms with E-state index in [1.165, 1.54) is 0 Å². The second kappa shape index (κ2) is 10.1. The highest BCUT2D eigenvalue weighted by Gasteiger charge is 2.16. The fourth-order valence-electron chi connectivity index (χ4n) is 4.43. The lowest BCUT2D eigenvalue weighted by atomic mass is 9.90. The summed E-state index contributed by atoms with van der Waals surface area (Å²) in [5.74, 6) is 0.100. The Balaban J connectivity index is 1.70. The van der Waals surface area contributed by atoms with Crippen LogP contribution in [0.3, 0.4) is 0 Å². The monoisotopic (exact) mass is 453 g/mol. The van der Waals surface area contributed by atoms with E-state index in [4.69, 9.17) is 4.74 Å². The highest BCUT2D eigenvalue weighted by molar-refractivity contribution is 5.99. The normalized spacial score (nSPS) is 12.1. The minimum absolute atomic E-state index is 0.144. The van der Waals surface area contributed by atoms with Crippen LogP contribution in [0.5, 0.6) is 5.75 Å². The molecule has 0 aromatic heterocycles. The van der Waals surface area contributed by atoms with E-state index in [2.05, 4.69) is 42.6 Å². The molecule has 174 valence electrons. The third kappa shape index (κ3) is 4.97. The van der Waals surface area contributed by atoms with Gasteiger partial charge in [-0.05, 0) is 81.8 Å². The van der Waals surface area contributed by atoms with E-state index in [1.807, 2.05) is 62.4 Å². The van der Waals surface area contributed by atoms with Gasteiger partial charge in [0, 0.05) is 12.6 Å². The predicted octanol–water partition coefficient (Wildman–Crippen LogP) is 7.19. The van der Waals surface area contributed by atoms with Crippen molar-refractivity contribution < 1.29 is 14.6 Å². The molecule has 0 spiro atoms. The van der Waals surface area contributed by atoms with Gasteiger partial charge < -0.3 is 15.2 Å². The molecule has 4 heteroatoms. The molecule has 0 saturated heterocycles. The molecule has 4 rings (SSSR count). The maximum atomic E-state index is 12.0. The Bertz CT molecular complexity index is 1330. The Morgan fingerprint density at radius 3 is 2.47 bits per heavy atom. The van der Waals surface area contributed by atoms with Gasteiger partial charge in [-0.1, -0.05) is 62.4 Å². The second-order valence-electron chi connectivity index (χ2n) is 9.01. The highest BCUT2D eigenvalue weighted by Crippen LogP contribution is 2.33. The summed E-state index contributed by atoms with van der Waals surface area (Å²) in [6.07, 6.45) is 0. The van der Waals surface area contributed by atoms with E-state index in [0.29, 0.717) is 12.1 Å². The zero-order valence-corrected chi connectivity index (χ0v) is 20.1. The molecule has 0 aliphatic rings. The minimum atomic E-state index is -0.889. The van der Waals surface area contributed by atoms with Gasteiger partial charge in [-0.15, -0.1) is 0 Å². The van der Waals surface area contributed by atoms with Gasteiger partial charge in [0.05, 0.1) is 12.7 Å². The molecule has 0 saturated carbocycles. The molecule has 0 amide bonds. The first kappa shape index (κ1) is 23.5. The van der Waals surface area contributed by atoms with Crippen molar-refractivity contribution in [3.05, 3.63) is 101 Å². The zero-order chi connectivity index (χ0) is 24.2. The molecule has 0 aliphatic carbocycles. The average molecular weight is 454 g/mol. The van der Waals surface area contributed by atoms with Crippen molar-refractivity contribution in [2.75, 3.05) is 7.11 Å². The van der Waals surface area contributed by atoms with Gasteiger partial charge in [-0.3, -0.25) is 0 Å². The van der Waals surface area contributed by atoms with Crippen LogP contribution in [0.15, 0.2) is 78.9 Å². The smallest absolute Gasteiger partial charge is 0.335 e. The number of benzene rings is 4. The average Bonchev–Trinajstić information content (AvgIpc) is 2.86. The van der Waals surface area contributed by atoms with Crippen molar-refractivity contribution >= 4 is 16.7 Å². The first-order valence-electron chi connectivity index (χ1n) is 11.6. The van der Waals surface area contributed by atoms with Crippen LogP contribution in [0.1, 0.15) is 59.8 Å². The molecule has 0 unspecified atom stereocenters. The number of rotatable bonds is 8. The highest BCUT2D eigenvalue weighted by atomic mass is 16.5. The Kier molecular flexibility index (Phi) is 6.99. The first-order chi connectivity index (χ1) is 16.4. The van der Waals surface area contributed by atoms with Gasteiger partial charge >= 0.3 is 5.97 Å². The van der Waals surface area contributed by atoms with Crippen LogP contribution in [0.2, 0.25) is 0 Å². The molecule has 0 bridgehead atoms. The maximum Gasteiger partial charge on any atom is 0.335 e. The van der Waals surface area contributed by atoms with E-state index in [-0.39, 0.29) is 12.0 Å². The largest absolute Gasteiger partial charge is 0.497 e. The van der Waals surface area contributed by atoms with Crippen molar-refractivity contribution in [3.8, 4) is 16.9 Å². The van der Waals surface area contributed by atoms with Crippen LogP contribution in [-0.4, -0.2) is 18.2 Å². The molecule has 2 N–H and O–H groups in total. The quantitative estimate of drug-likeness (QED) is 0.296. The number of nitrogens with one attached hydrogen (secondary N) is 1. The summed E-state index contributed by atoms with van der Waals surface area (Å²) in [6.45, 7) is 6.87. The van der Waals surface area contributed by atoms with Crippen molar-refractivity contribution in [2.24, 2.45) is 0 Å². The summed E-state index contributed by atoms with van der Waals surface area (Å²) in [5, 5.41) is 15.7. The van der Waals surface area contributed by atoms with Gasteiger partial charge in [-0.2, -0.15) is 0 Å². The Hall–Kier alpha value is -3.63. The lowest BCUT2D eigenvalue weighted by molar-refractivity contribution is 0.0695. The molecule has 4 aromatic rings. The van der Waals surface area contributed by atoms with Gasteiger partial charge in [-0.25, -0.2) is 4.79 Å². The number of hydrogen-bond donors (Lipinski definition) is 2. The van der Waals surface area contributed by atoms with E-state index in [1.54, 1.807) is 7.11 Å². The topological polar surface area (TPSA) is 58.6 Å². The fraction of sp³-hybridized carbons (Fsp3) is 0.233. The number of carboxylic acid groups (broad SMARTS) is 1. The molecule has 0 heterocycles. The van der Waals surface area contributed by atoms with E-state index in [9.17, 15) is 9.90 Å². The SMILES string of the molecule is COc1cccc([C@@H](C)NCc2cc(-c3ccc(C(C)C)c(C(=O)O)c3)c3ccccc3c2)c1. The Morgan fingerprint density at radius 1 is 0.941 bits per heavy atom. The van der Waals surface area contributed by atoms with Crippen molar-refractivity contribution in [1.29, 1.82) is 0 Å². The Morgan fingerprint density at radius 2 is 1.74 bits per heavy atom. The van der Waals surface area contributed by atoms with E-state index >= 15 is 0 Å². The summed E-state index contributed by atoms with van der Waals surface area (Å²) >= 11 is 0. The number of aromatic carboxylic acids is 1. The molecule has 1 atom stereocenters. The first-order valence-corrected chi connectivity index (χ1v) is 11.6. The molecule has 0 radical (unpaired) electrons. The van der Waals surface area contributed by atoms with Gasteiger partial charge in [0.15, 0.2) is 0 Å². The van der Waals surface area contributed by atoms with Crippen molar-refractivity contribution in [2.45, 2.75) is 39.3 Å². The van der Waals surface area contributed by atoms with Crippen LogP contribution < -0.4 is 10.1 Å². The molecule has 0 fully saturated rings. The van der Waals surface area contributed by atoms with Crippen molar-refractivity contribution in [3.63, 3.8) is 0 Å². The minimum Gasteiger partial charge on any atom is -0.497 e. The van der Waals surface area contributed by atoms with Gasteiger partial charge in [0.2, 0.25) is 0 Å². The van der Waals surface area contributed by atoms with E-state index < -0.39 is 5.97 Å². The number of carbonyl (C=O) groups is 1. The third-order valence-corrected chi connectivity index (χ3v) is 6.34. The summed E-state index contributed by atoms with van der Waals surface area (Å²) in [6, 6.07) is 26.7. The molecule has 4 nitrogen and oxygen atoms in total. The molecule has 34 heavy (non-hydrogen) atoms. The summed E-state index contributed by atoms with van der Waals surface area (Å²) in [4.78, 5) is 12.0. The predicted molar refractivity (Wildman–Crippen MR) is 139 cm³/mol. The summed E-state index contributed by atoms with van der Waals surface area (Å²) in [5.41, 5.74) is 5.49. The lowest BCUT2D eigenvalue weighted by Crippen LogP contribution is -2.18. The van der Waals surface area contributed by atoms with Gasteiger partial charge in [0.1, 0.15) is 5.75 Å². The number of carboxylic acids is 1. The standard InChI is InChI=1S/C30H31NO3/c1-19(2)26-13-12-24(17-29(26)30(32)33)28-15-21(14-23-8-5-6-11-27(23)28)18-31-20(3)22-9-7-10-25(16-22)34-4/h5-17,19-20,31H,18H2,1-4H3,(H,32,33)/t20-/m1/s1. The van der Waals surface area contributed by atoms with Crippen LogP contribution in [-0.2, 0) is 6.54 Å². The summed E-state index contributed by atoms with van der Waals surface area (Å²) < 4.78 is 5.36. The molecule has 4 aromatic carbocycles. The summed E-state index contributed by atoms with van der Waals surface area (Å²) in [7, 11) is 1.68. The Labute approximate surface area is 201 Å². The number of hydrogen-bond acceptors (Lipinski definition) is 3. The van der Waals surface area contributed by atoms with Gasteiger partial charge in [0.25, 0.3) is 0 Å².